The fourth-order valence-electron chi connectivity index (χ4n) is 1.82. The first-order chi connectivity index (χ1) is 8.51. The highest BCUT2D eigenvalue weighted by Gasteiger charge is 2.31. The molecular formula is C15H14FNO. The molecule has 2 aromatic rings. The zero-order valence-corrected chi connectivity index (χ0v) is 10.1. The second-order valence-electron chi connectivity index (χ2n) is 4.40. The first kappa shape index (κ1) is 12.5. The summed E-state index contributed by atoms with van der Waals surface area (Å²) in [6, 6.07) is 14.6. The lowest BCUT2D eigenvalue weighted by molar-refractivity contribution is 0.0900. The summed E-state index contributed by atoms with van der Waals surface area (Å²) in [6.45, 7) is 1.66. The summed E-state index contributed by atoms with van der Waals surface area (Å²) < 4.78 is 12.8. The van der Waals surface area contributed by atoms with Gasteiger partial charge in [0.05, 0.1) is 0 Å². The Labute approximate surface area is 105 Å². The van der Waals surface area contributed by atoms with Crippen LogP contribution in [0.3, 0.4) is 0 Å². The average molecular weight is 243 g/mol. The highest BCUT2D eigenvalue weighted by atomic mass is 19.1. The number of Topliss-reactive ketones (excluding diaryl/α,β-unsaturated/α-hetero) is 1. The Balaban J connectivity index is 2.36. The van der Waals surface area contributed by atoms with Crippen LogP contribution in [0.25, 0.3) is 0 Å². The van der Waals surface area contributed by atoms with Crippen molar-refractivity contribution in [2.75, 3.05) is 0 Å². The van der Waals surface area contributed by atoms with Crippen molar-refractivity contribution >= 4 is 5.78 Å². The monoisotopic (exact) mass is 243 g/mol. The molecule has 2 aromatic carbocycles. The average Bonchev–Trinajstić information content (AvgIpc) is 2.40. The highest BCUT2D eigenvalue weighted by Crippen LogP contribution is 2.22. The Morgan fingerprint density at radius 3 is 2.17 bits per heavy atom. The quantitative estimate of drug-likeness (QED) is 0.842. The molecule has 0 heterocycles. The van der Waals surface area contributed by atoms with E-state index in [9.17, 15) is 9.18 Å². The minimum atomic E-state index is -1.11. The largest absolute Gasteiger partial charge is 0.315 e. The molecule has 0 aromatic heterocycles. The maximum atomic E-state index is 12.8. The summed E-state index contributed by atoms with van der Waals surface area (Å²) in [6.07, 6.45) is 0. The number of halogens is 1. The summed E-state index contributed by atoms with van der Waals surface area (Å²) in [5.41, 5.74) is 6.14. The van der Waals surface area contributed by atoms with Crippen LogP contribution in [0.5, 0.6) is 0 Å². The van der Waals surface area contributed by atoms with Gasteiger partial charge >= 0.3 is 0 Å². The van der Waals surface area contributed by atoms with Crippen LogP contribution in [-0.2, 0) is 5.54 Å². The number of benzene rings is 2. The van der Waals surface area contributed by atoms with E-state index in [4.69, 9.17) is 5.73 Å². The summed E-state index contributed by atoms with van der Waals surface area (Å²) in [7, 11) is 0. The van der Waals surface area contributed by atoms with Gasteiger partial charge in [0.15, 0.2) is 5.78 Å². The molecule has 0 saturated carbocycles. The number of carbonyl (C=O) groups excluding carboxylic acids is 1. The van der Waals surface area contributed by atoms with Crippen molar-refractivity contribution in [1.82, 2.24) is 0 Å². The van der Waals surface area contributed by atoms with Crippen molar-refractivity contribution in [3.05, 3.63) is 71.5 Å². The minimum absolute atomic E-state index is 0.228. The molecule has 0 bridgehead atoms. The molecule has 0 aliphatic heterocycles. The van der Waals surface area contributed by atoms with E-state index in [2.05, 4.69) is 0 Å². The van der Waals surface area contributed by atoms with Gasteiger partial charge in [0.25, 0.3) is 0 Å². The van der Waals surface area contributed by atoms with Gasteiger partial charge in [-0.05, 0) is 36.8 Å². The molecule has 2 rings (SSSR count). The van der Waals surface area contributed by atoms with Crippen molar-refractivity contribution in [1.29, 1.82) is 0 Å². The predicted molar refractivity (Wildman–Crippen MR) is 68.7 cm³/mol. The zero-order chi connectivity index (χ0) is 13.2. The van der Waals surface area contributed by atoms with Crippen LogP contribution in [0, 0.1) is 5.82 Å². The Morgan fingerprint density at radius 1 is 1.06 bits per heavy atom. The smallest absolute Gasteiger partial charge is 0.186 e. The third-order valence-corrected chi connectivity index (χ3v) is 2.95. The van der Waals surface area contributed by atoms with Gasteiger partial charge in [-0.15, -0.1) is 0 Å². The fourth-order valence-corrected chi connectivity index (χ4v) is 1.82. The first-order valence-electron chi connectivity index (χ1n) is 5.66. The third kappa shape index (κ3) is 2.31. The molecule has 0 saturated heterocycles. The molecule has 0 amide bonds. The van der Waals surface area contributed by atoms with Gasteiger partial charge in [-0.2, -0.15) is 0 Å². The number of carbonyl (C=O) groups is 1. The predicted octanol–water partition coefficient (Wildman–Crippen LogP) is 2.88. The molecule has 1 atom stereocenters. The molecule has 3 heteroatoms. The topological polar surface area (TPSA) is 43.1 Å². The number of ketones is 1. The standard InChI is InChI=1S/C15H14FNO/c1-15(17,12-5-3-2-4-6-12)14(18)11-7-9-13(16)10-8-11/h2-10H,17H2,1H3. The van der Waals surface area contributed by atoms with E-state index in [1.54, 1.807) is 19.1 Å². The molecule has 2 nitrogen and oxygen atoms in total. The van der Waals surface area contributed by atoms with E-state index in [0.29, 0.717) is 5.56 Å². The van der Waals surface area contributed by atoms with Gasteiger partial charge in [0, 0.05) is 5.56 Å². The van der Waals surface area contributed by atoms with Crippen LogP contribution in [0.4, 0.5) is 4.39 Å². The molecule has 0 aliphatic carbocycles. The number of nitrogens with two attached hydrogens (primary N) is 1. The minimum Gasteiger partial charge on any atom is -0.315 e. The van der Waals surface area contributed by atoms with Gasteiger partial charge in [0.1, 0.15) is 11.4 Å². The third-order valence-electron chi connectivity index (χ3n) is 2.95. The molecule has 0 radical (unpaired) electrons. The summed E-state index contributed by atoms with van der Waals surface area (Å²) in [5, 5.41) is 0. The maximum Gasteiger partial charge on any atom is 0.186 e. The van der Waals surface area contributed by atoms with E-state index in [-0.39, 0.29) is 11.6 Å². The SMILES string of the molecule is CC(N)(C(=O)c1ccc(F)cc1)c1ccccc1. The molecule has 18 heavy (non-hydrogen) atoms. The lowest BCUT2D eigenvalue weighted by atomic mass is 9.85. The fraction of sp³-hybridized carbons (Fsp3) is 0.133. The molecular weight excluding hydrogens is 229 g/mol. The lowest BCUT2D eigenvalue weighted by Crippen LogP contribution is -2.41. The second-order valence-corrected chi connectivity index (χ2v) is 4.40. The molecule has 0 aliphatic rings. The Kier molecular flexibility index (Phi) is 3.26. The van der Waals surface area contributed by atoms with Gasteiger partial charge in [-0.3, -0.25) is 4.79 Å². The van der Waals surface area contributed by atoms with Crippen LogP contribution in [0.2, 0.25) is 0 Å². The number of rotatable bonds is 3. The van der Waals surface area contributed by atoms with E-state index >= 15 is 0 Å². The Morgan fingerprint density at radius 2 is 1.61 bits per heavy atom. The first-order valence-corrected chi connectivity index (χ1v) is 5.66. The zero-order valence-electron chi connectivity index (χ0n) is 10.1. The second kappa shape index (κ2) is 4.70. The van der Waals surface area contributed by atoms with Gasteiger partial charge < -0.3 is 5.73 Å². The van der Waals surface area contributed by atoms with Crippen molar-refractivity contribution in [2.24, 2.45) is 5.73 Å². The van der Waals surface area contributed by atoms with Gasteiger partial charge in [-0.25, -0.2) is 4.39 Å². The normalized spacial score (nSPS) is 13.9. The maximum absolute atomic E-state index is 12.8. The van der Waals surface area contributed by atoms with Gasteiger partial charge in [0.2, 0.25) is 0 Å². The van der Waals surface area contributed by atoms with Crippen LogP contribution < -0.4 is 5.73 Å². The van der Waals surface area contributed by atoms with Crippen molar-refractivity contribution < 1.29 is 9.18 Å². The van der Waals surface area contributed by atoms with E-state index in [1.807, 2.05) is 18.2 Å². The molecule has 92 valence electrons. The van der Waals surface area contributed by atoms with E-state index < -0.39 is 5.54 Å². The van der Waals surface area contributed by atoms with E-state index in [1.165, 1.54) is 24.3 Å². The van der Waals surface area contributed by atoms with Crippen LogP contribution in [-0.4, -0.2) is 5.78 Å². The van der Waals surface area contributed by atoms with Crippen molar-refractivity contribution in [3.8, 4) is 0 Å². The number of hydrogen-bond donors (Lipinski definition) is 1. The molecule has 2 N–H and O–H groups in total. The molecule has 0 spiro atoms. The van der Waals surface area contributed by atoms with Crippen LogP contribution in [0.1, 0.15) is 22.8 Å². The number of hydrogen-bond acceptors (Lipinski definition) is 2. The molecule has 0 fully saturated rings. The highest BCUT2D eigenvalue weighted by molar-refractivity contribution is 6.03. The lowest BCUT2D eigenvalue weighted by Gasteiger charge is -2.23. The Bertz CT molecular complexity index is 546. The summed E-state index contributed by atoms with van der Waals surface area (Å²) >= 11 is 0. The van der Waals surface area contributed by atoms with E-state index in [0.717, 1.165) is 5.56 Å². The molecule has 1 unspecified atom stereocenters. The van der Waals surface area contributed by atoms with Gasteiger partial charge in [-0.1, -0.05) is 30.3 Å². The Hall–Kier alpha value is -2.00. The van der Waals surface area contributed by atoms with Crippen molar-refractivity contribution in [3.63, 3.8) is 0 Å². The van der Waals surface area contributed by atoms with Crippen molar-refractivity contribution in [2.45, 2.75) is 12.5 Å². The van der Waals surface area contributed by atoms with Crippen LogP contribution in [0.15, 0.2) is 54.6 Å². The summed E-state index contributed by atoms with van der Waals surface area (Å²) in [4.78, 5) is 12.3. The summed E-state index contributed by atoms with van der Waals surface area (Å²) in [5.74, 6) is -0.598. The van der Waals surface area contributed by atoms with Crippen LogP contribution >= 0.6 is 0 Å².